The zero-order valence-corrected chi connectivity index (χ0v) is 17.8. The molecule has 2 heterocycles. The summed E-state index contributed by atoms with van der Waals surface area (Å²) in [5.74, 6) is 0.799. The molecule has 0 N–H and O–H groups in total. The molecule has 0 spiro atoms. The average molecular weight is 401 g/mol. The van der Waals surface area contributed by atoms with Gasteiger partial charge in [-0.05, 0) is 55.0 Å². The Bertz CT molecular complexity index is 829. The zero-order valence-electron chi connectivity index (χ0n) is 17.0. The molecule has 0 unspecified atom stereocenters. The number of nitrogens with zero attached hydrogens (tertiary/aromatic N) is 2. The van der Waals surface area contributed by atoms with Crippen LogP contribution in [-0.2, 0) is 16.0 Å². The van der Waals surface area contributed by atoms with Crippen LogP contribution in [0.5, 0.6) is 5.75 Å². The number of methoxy groups -OCH3 is 1. The third-order valence-electron chi connectivity index (χ3n) is 5.27. The summed E-state index contributed by atoms with van der Waals surface area (Å²) >= 11 is 1.75. The van der Waals surface area contributed by atoms with Crippen molar-refractivity contribution in [2.24, 2.45) is 0 Å². The van der Waals surface area contributed by atoms with Crippen LogP contribution < -0.4 is 4.74 Å². The van der Waals surface area contributed by atoms with E-state index >= 15 is 0 Å². The third kappa shape index (κ3) is 4.07. The number of carbonyl (C=O) groups is 2. The maximum absolute atomic E-state index is 13.3. The fourth-order valence-corrected chi connectivity index (χ4v) is 4.63. The molecule has 0 saturated heterocycles. The smallest absolute Gasteiger partial charge is 0.243 e. The molecule has 2 amide bonds. The molecule has 3 rings (SSSR count). The molecule has 0 fully saturated rings. The SMILES string of the molecule is CCC(=O)N(CC(=O)N1CCc2sccc2[C@@H]1c1ccc(OC)cc1)C(C)C. The van der Waals surface area contributed by atoms with Gasteiger partial charge in [-0.25, -0.2) is 0 Å². The molecule has 1 atom stereocenters. The molecular weight excluding hydrogens is 372 g/mol. The van der Waals surface area contributed by atoms with Crippen molar-refractivity contribution in [3.05, 3.63) is 51.7 Å². The zero-order chi connectivity index (χ0) is 20.3. The fraction of sp³-hybridized carbons (Fsp3) is 0.455. The normalized spacial score (nSPS) is 16.0. The standard InChI is InChI=1S/C22H28N2O3S/c1-5-20(25)24(15(2)3)14-21(26)23-12-10-19-18(11-13-28-19)22(23)16-6-8-17(27-4)9-7-16/h6-9,11,13,15,22H,5,10,12,14H2,1-4H3/t22-/m0/s1. The molecule has 6 heteroatoms. The molecule has 0 radical (unpaired) electrons. The van der Waals surface area contributed by atoms with Crippen molar-refractivity contribution in [2.45, 2.75) is 45.7 Å². The summed E-state index contributed by atoms with van der Waals surface area (Å²) in [6.45, 7) is 6.52. The van der Waals surface area contributed by atoms with Crippen molar-refractivity contribution in [3.63, 3.8) is 0 Å². The largest absolute Gasteiger partial charge is 0.497 e. The van der Waals surface area contributed by atoms with Crippen molar-refractivity contribution >= 4 is 23.2 Å². The summed E-state index contributed by atoms with van der Waals surface area (Å²) in [7, 11) is 1.65. The Balaban J connectivity index is 1.91. The average Bonchev–Trinajstić information content (AvgIpc) is 3.19. The molecule has 1 aromatic carbocycles. The first kappa shape index (κ1) is 20.4. The van der Waals surface area contributed by atoms with Crippen LogP contribution >= 0.6 is 11.3 Å². The molecule has 5 nitrogen and oxygen atoms in total. The number of rotatable bonds is 6. The van der Waals surface area contributed by atoms with Gasteiger partial charge in [-0.3, -0.25) is 9.59 Å². The van der Waals surface area contributed by atoms with E-state index < -0.39 is 0 Å². The Morgan fingerprint density at radius 3 is 2.57 bits per heavy atom. The number of thiophene rings is 1. The van der Waals surface area contributed by atoms with Gasteiger partial charge in [0.05, 0.1) is 13.2 Å². The number of hydrogen-bond acceptors (Lipinski definition) is 4. The summed E-state index contributed by atoms with van der Waals surface area (Å²) in [5, 5.41) is 2.09. The van der Waals surface area contributed by atoms with Gasteiger partial charge in [0.15, 0.2) is 0 Å². The van der Waals surface area contributed by atoms with E-state index in [0.29, 0.717) is 13.0 Å². The van der Waals surface area contributed by atoms with E-state index in [1.54, 1.807) is 23.3 Å². The first-order valence-corrected chi connectivity index (χ1v) is 10.6. The van der Waals surface area contributed by atoms with Crippen molar-refractivity contribution < 1.29 is 14.3 Å². The van der Waals surface area contributed by atoms with E-state index in [-0.39, 0.29) is 30.4 Å². The highest BCUT2D eigenvalue weighted by Crippen LogP contribution is 2.38. The number of ether oxygens (including phenoxy) is 1. The van der Waals surface area contributed by atoms with Gasteiger partial charge in [-0.1, -0.05) is 19.1 Å². The monoisotopic (exact) mass is 400 g/mol. The summed E-state index contributed by atoms with van der Waals surface area (Å²) in [6, 6.07) is 9.89. The Labute approximate surface area is 170 Å². The number of benzene rings is 1. The molecule has 150 valence electrons. The quantitative estimate of drug-likeness (QED) is 0.739. The van der Waals surface area contributed by atoms with Crippen molar-refractivity contribution in [1.82, 2.24) is 9.80 Å². The van der Waals surface area contributed by atoms with E-state index in [0.717, 1.165) is 17.7 Å². The topological polar surface area (TPSA) is 49.9 Å². The first-order chi connectivity index (χ1) is 13.5. The molecule has 1 aliphatic heterocycles. The van der Waals surface area contributed by atoms with Gasteiger partial charge in [0.25, 0.3) is 0 Å². The van der Waals surface area contributed by atoms with Crippen LogP contribution in [0.4, 0.5) is 0 Å². The summed E-state index contributed by atoms with van der Waals surface area (Å²) in [4.78, 5) is 30.5. The van der Waals surface area contributed by atoms with Crippen molar-refractivity contribution in [1.29, 1.82) is 0 Å². The molecule has 0 saturated carbocycles. The van der Waals surface area contributed by atoms with E-state index in [1.165, 1.54) is 10.4 Å². The second-order valence-corrected chi connectivity index (χ2v) is 8.28. The number of amides is 2. The highest BCUT2D eigenvalue weighted by molar-refractivity contribution is 7.10. The molecule has 0 bridgehead atoms. The summed E-state index contributed by atoms with van der Waals surface area (Å²) in [6.07, 6.45) is 1.26. The van der Waals surface area contributed by atoms with Crippen LogP contribution in [-0.4, -0.2) is 47.9 Å². The van der Waals surface area contributed by atoms with Crippen molar-refractivity contribution in [3.8, 4) is 5.75 Å². The van der Waals surface area contributed by atoms with Crippen LogP contribution in [0.3, 0.4) is 0 Å². The Hall–Kier alpha value is -2.34. The minimum atomic E-state index is -0.126. The number of fused-ring (bicyclic) bond motifs is 1. The Morgan fingerprint density at radius 1 is 1.25 bits per heavy atom. The minimum Gasteiger partial charge on any atom is -0.497 e. The van der Waals surface area contributed by atoms with Gasteiger partial charge in [0.1, 0.15) is 12.3 Å². The molecule has 0 aliphatic carbocycles. The third-order valence-corrected chi connectivity index (χ3v) is 6.27. The van der Waals surface area contributed by atoms with Gasteiger partial charge in [0.2, 0.25) is 11.8 Å². The van der Waals surface area contributed by atoms with Gasteiger partial charge in [-0.15, -0.1) is 11.3 Å². The maximum atomic E-state index is 13.3. The highest BCUT2D eigenvalue weighted by Gasteiger charge is 2.34. The summed E-state index contributed by atoms with van der Waals surface area (Å²) in [5.41, 5.74) is 2.25. The van der Waals surface area contributed by atoms with Gasteiger partial charge in [0, 0.05) is 23.9 Å². The van der Waals surface area contributed by atoms with Gasteiger partial charge in [-0.2, -0.15) is 0 Å². The number of hydrogen-bond donors (Lipinski definition) is 0. The van der Waals surface area contributed by atoms with Crippen LogP contribution in [0.2, 0.25) is 0 Å². The Kier molecular flexibility index (Phi) is 6.39. The molecule has 2 aromatic rings. The highest BCUT2D eigenvalue weighted by atomic mass is 32.1. The lowest BCUT2D eigenvalue weighted by Crippen LogP contribution is -2.48. The summed E-state index contributed by atoms with van der Waals surface area (Å²) < 4.78 is 5.28. The van der Waals surface area contributed by atoms with Crippen LogP contribution in [0.1, 0.15) is 49.2 Å². The van der Waals surface area contributed by atoms with Crippen LogP contribution in [0.15, 0.2) is 35.7 Å². The predicted octanol–water partition coefficient (Wildman–Crippen LogP) is 3.88. The lowest BCUT2D eigenvalue weighted by atomic mass is 9.93. The van der Waals surface area contributed by atoms with Gasteiger partial charge < -0.3 is 14.5 Å². The van der Waals surface area contributed by atoms with E-state index in [9.17, 15) is 9.59 Å². The maximum Gasteiger partial charge on any atom is 0.243 e. The molecular formula is C22H28N2O3S. The van der Waals surface area contributed by atoms with Crippen LogP contribution in [0, 0.1) is 0 Å². The lowest BCUT2D eigenvalue weighted by Gasteiger charge is -2.38. The van der Waals surface area contributed by atoms with E-state index in [4.69, 9.17) is 4.74 Å². The van der Waals surface area contributed by atoms with E-state index in [1.807, 2.05) is 49.9 Å². The Morgan fingerprint density at radius 2 is 1.96 bits per heavy atom. The number of carbonyl (C=O) groups excluding carboxylic acids is 2. The predicted molar refractivity (Wildman–Crippen MR) is 112 cm³/mol. The second kappa shape index (κ2) is 8.78. The minimum absolute atomic E-state index is 0.00247. The molecule has 1 aromatic heterocycles. The molecule has 1 aliphatic rings. The second-order valence-electron chi connectivity index (χ2n) is 7.28. The fourth-order valence-electron chi connectivity index (χ4n) is 3.73. The first-order valence-electron chi connectivity index (χ1n) is 9.75. The van der Waals surface area contributed by atoms with Gasteiger partial charge >= 0.3 is 0 Å². The molecule has 28 heavy (non-hydrogen) atoms. The van der Waals surface area contributed by atoms with E-state index in [2.05, 4.69) is 11.4 Å². The van der Waals surface area contributed by atoms with Crippen LogP contribution in [0.25, 0.3) is 0 Å². The lowest BCUT2D eigenvalue weighted by molar-refractivity contribution is -0.143. The van der Waals surface area contributed by atoms with Crippen molar-refractivity contribution in [2.75, 3.05) is 20.2 Å².